The number of carbonyl (C=O) groups is 1. The summed E-state index contributed by atoms with van der Waals surface area (Å²) in [5.74, 6) is 0.457. The standard InChI is InChI=1S/C8H9ClO/c9-8-5-1-2-6(8)3-4-7(8)10/h3-4,6H,1-2,5H2. The van der Waals surface area contributed by atoms with Crippen molar-refractivity contribution >= 4 is 17.4 Å². The summed E-state index contributed by atoms with van der Waals surface area (Å²) in [6.07, 6.45) is 6.65. The van der Waals surface area contributed by atoms with Gasteiger partial charge < -0.3 is 0 Å². The Morgan fingerprint density at radius 1 is 1.70 bits per heavy atom. The molecule has 0 bridgehead atoms. The van der Waals surface area contributed by atoms with Crippen LogP contribution in [0.4, 0.5) is 0 Å². The Morgan fingerprint density at radius 2 is 2.50 bits per heavy atom. The van der Waals surface area contributed by atoms with Crippen LogP contribution in [0.5, 0.6) is 0 Å². The van der Waals surface area contributed by atoms with Crippen LogP contribution >= 0.6 is 11.6 Å². The molecule has 1 saturated carbocycles. The van der Waals surface area contributed by atoms with E-state index in [2.05, 4.69) is 0 Å². The first-order valence-corrected chi connectivity index (χ1v) is 4.03. The van der Waals surface area contributed by atoms with Crippen molar-refractivity contribution in [3.8, 4) is 0 Å². The first-order valence-electron chi connectivity index (χ1n) is 3.65. The SMILES string of the molecule is O=C1C=CC2CCCC12Cl. The second-order valence-corrected chi connectivity index (χ2v) is 3.76. The zero-order chi connectivity index (χ0) is 7.19. The molecule has 1 nitrogen and oxygen atoms in total. The van der Waals surface area contributed by atoms with Crippen molar-refractivity contribution in [1.82, 2.24) is 0 Å². The predicted molar refractivity (Wildman–Crippen MR) is 40.1 cm³/mol. The van der Waals surface area contributed by atoms with Crippen molar-refractivity contribution in [2.75, 3.05) is 0 Å². The van der Waals surface area contributed by atoms with Crippen molar-refractivity contribution in [3.05, 3.63) is 12.2 Å². The van der Waals surface area contributed by atoms with Gasteiger partial charge in [-0.3, -0.25) is 4.79 Å². The molecule has 2 rings (SSSR count). The molecule has 0 saturated heterocycles. The highest BCUT2D eigenvalue weighted by Crippen LogP contribution is 2.46. The highest BCUT2D eigenvalue weighted by atomic mass is 35.5. The van der Waals surface area contributed by atoms with Gasteiger partial charge in [-0.15, -0.1) is 11.6 Å². The van der Waals surface area contributed by atoms with Crippen LogP contribution in [0.25, 0.3) is 0 Å². The molecule has 0 aromatic carbocycles. The molecule has 0 aliphatic heterocycles. The fraction of sp³-hybridized carbons (Fsp3) is 0.625. The van der Waals surface area contributed by atoms with Crippen LogP contribution in [0.1, 0.15) is 19.3 Å². The summed E-state index contributed by atoms with van der Waals surface area (Å²) in [5, 5.41) is 0. The monoisotopic (exact) mass is 156 g/mol. The number of rotatable bonds is 0. The third-order valence-corrected chi connectivity index (χ3v) is 3.19. The number of ketones is 1. The van der Waals surface area contributed by atoms with Gasteiger partial charge in [-0.1, -0.05) is 12.5 Å². The first-order chi connectivity index (χ1) is 4.73. The Bertz CT molecular complexity index is 209. The summed E-state index contributed by atoms with van der Waals surface area (Å²) in [6.45, 7) is 0. The molecule has 0 spiro atoms. The number of halogens is 1. The number of alkyl halides is 1. The second kappa shape index (κ2) is 1.85. The number of carbonyl (C=O) groups excluding carboxylic acids is 1. The lowest BCUT2D eigenvalue weighted by Gasteiger charge is -2.17. The Kier molecular flexibility index (Phi) is 1.19. The van der Waals surface area contributed by atoms with Gasteiger partial charge in [0, 0.05) is 5.92 Å². The van der Waals surface area contributed by atoms with Gasteiger partial charge in [0.1, 0.15) is 4.87 Å². The van der Waals surface area contributed by atoms with E-state index in [0.717, 1.165) is 19.3 Å². The van der Waals surface area contributed by atoms with E-state index in [4.69, 9.17) is 11.6 Å². The largest absolute Gasteiger partial charge is 0.293 e. The quantitative estimate of drug-likeness (QED) is 0.490. The maximum Gasteiger partial charge on any atom is 0.176 e. The summed E-state index contributed by atoms with van der Waals surface area (Å²) in [5.41, 5.74) is 0. The fourth-order valence-electron chi connectivity index (χ4n) is 1.89. The summed E-state index contributed by atoms with van der Waals surface area (Å²) in [6, 6.07) is 0. The van der Waals surface area contributed by atoms with E-state index in [0.29, 0.717) is 5.92 Å². The van der Waals surface area contributed by atoms with E-state index < -0.39 is 4.87 Å². The van der Waals surface area contributed by atoms with Crippen LogP contribution in [0.2, 0.25) is 0 Å². The van der Waals surface area contributed by atoms with Crippen LogP contribution in [-0.2, 0) is 4.79 Å². The third kappa shape index (κ3) is 0.615. The average molecular weight is 157 g/mol. The highest BCUT2D eigenvalue weighted by molar-refractivity contribution is 6.38. The van der Waals surface area contributed by atoms with Crippen LogP contribution in [-0.4, -0.2) is 10.7 Å². The van der Waals surface area contributed by atoms with Crippen LogP contribution in [0.3, 0.4) is 0 Å². The minimum Gasteiger partial charge on any atom is -0.293 e. The first kappa shape index (κ1) is 6.41. The Labute approximate surface area is 65.1 Å². The van der Waals surface area contributed by atoms with Crippen LogP contribution in [0.15, 0.2) is 12.2 Å². The van der Waals surface area contributed by atoms with Gasteiger partial charge in [-0.25, -0.2) is 0 Å². The predicted octanol–water partition coefficient (Wildman–Crippen LogP) is 1.90. The molecule has 2 unspecified atom stereocenters. The number of allylic oxidation sites excluding steroid dienone is 2. The number of hydrogen-bond donors (Lipinski definition) is 0. The van der Waals surface area contributed by atoms with E-state index in [1.807, 2.05) is 6.08 Å². The fourth-order valence-corrected chi connectivity index (χ4v) is 2.27. The Hall–Kier alpha value is -0.300. The molecule has 2 aliphatic rings. The molecule has 0 N–H and O–H groups in total. The van der Waals surface area contributed by atoms with Gasteiger partial charge >= 0.3 is 0 Å². The van der Waals surface area contributed by atoms with Gasteiger partial charge in [0.2, 0.25) is 0 Å². The van der Waals surface area contributed by atoms with Crippen molar-refractivity contribution in [2.24, 2.45) is 5.92 Å². The molecule has 2 heteroatoms. The molecule has 0 radical (unpaired) electrons. The van der Waals surface area contributed by atoms with E-state index in [-0.39, 0.29) is 5.78 Å². The zero-order valence-electron chi connectivity index (χ0n) is 5.64. The molecule has 0 aromatic heterocycles. The zero-order valence-corrected chi connectivity index (χ0v) is 6.40. The number of fused-ring (bicyclic) bond motifs is 1. The minimum atomic E-state index is -0.514. The lowest BCUT2D eigenvalue weighted by molar-refractivity contribution is -0.116. The van der Waals surface area contributed by atoms with Gasteiger partial charge in [0.15, 0.2) is 5.78 Å². The van der Waals surface area contributed by atoms with E-state index in [1.54, 1.807) is 6.08 Å². The molecule has 2 aliphatic carbocycles. The molecular formula is C8H9ClO. The van der Waals surface area contributed by atoms with Crippen molar-refractivity contribution in [1.29, 1.82) is 0 Å². The Balaban J connectivity index is 2.36. The normalized spacial score (nSPS) is 44.5. The van der Waals surface area contributed by atoms with Gasteiger partial charge in [0.25, 0.3) is 0 Å². The minimum absolute atomic E-state index is 0.122. The van der Waals surface area contributed by atoms with E-state index in [1.165, 1.54) is 0 Å². The summed E-state index contributed by atoms with van der Waals surface area (Å²) < 4.78 is 0. The smallest absolute Gasteiger partial charge is 0.176 e. The molecule has 0 aromatic rings. The number of hydrogen-bond acceptors (Lipinski definition) is 1. The Morgan fingerprint density at radius 3 is 3.20 bits per heavy atom. The maximum absolute atomic E-state index is 11.2. The molecule has 0 amide bonds. The topological polar surface area (TPSA) is 17.1 Å². The molecule has 10 heavy (non-hydrogen) atoms. The van der Waals surface area contributed by atoms with E-state index in [9.17, 15) is 4.79 Å². The van der Waals surface area contributed by atoms with Crippen LogP contribution < -0.4 is 0 Å². The maximum atomic E-state index is 11.2. The molecule has 1 fully saturated rings. The third-order valence-electron chi connectivity index (χ3n) is 2.53. The lowest BCUT2D eigenvalue weighted by atomic mass is 9.98. The second-order valence-electron chi connectivity index (χ2n) is 3.08. The molecular weight excluding hydrogens is 148 g/mol. The van der Waals surface area contributed by atoms with Gasteiger partial charge in [0.05, 0.1) is 0 Å². The van der Waals surface area contributed by atoms with Crippen molar-refractivity contribution in [2.45, 2.75) is 24.1 Å². The van der Waals surface area contributed by atoms with Crippen LogP contribution in [0, 0.1) is 5.92 Å². The lowest BCUT2D eigenvalue weighted by Crippen LogP contribution is -2.29. The highest BCUT2D eigenvalue weighted by Gasteiger charge is 2.48. The molecule has 2 atom stereocenters. The molecule has 0 heterocycles. The van der Waals surface area contributed by atoms with E-state index >= 15 is 0 Å². The van der Waals surface area contributed by atoms with Crippen molar-refractivity contribution < 1.29 is 4.79 Å². The van der Waals surface area contributed by atoms with Gasteiger partial charge in [-0.05, 0) is 18.9 Å². The summed E-state index contributed by atoms with van der Waals surface area (Å²) in [4.78, 5) is 10.6. The summed E-state index contributed by atoms with van der Waals surface area (Å²) >= 11 is 6.11. The van der Waals surface area contributed by atoms with Crippen molar-refractivity contribution in [3.63, 3.8) is 0 Å². The summed E-state index contributed by atoms with van der Waals surface area (Å²) in [7, 11) is 0. The molecule has 54 valence electrons. The average Bonchev–Trinajstić information content (AvgIpc) is 2.36. The van der Waals surface area contributed by atoms with Gasteiger partial charge in [-0.2, -0.15) is 0 Å².